The first-order chi connectivity index (χ1) is 13.2. The molecule has 27 heavy (non-hydrogen) atoms. The van der Waals surface area contributed by atoms with Crippen molar-refractivity contribution in [1.29, 1.82) is 0 Å². The molecule has 3 unspecified atom stereocenters. The highest BCUT2D eigenvalue weighted by Crippen LogP contribution is 2.32. The molecule has 0 saturated carbocycles. The van der Waals surface area contributed by atoms with Gasteiger partial charge >= 0.3 is 0 Å². The number of hydrogen-bond donors (Lipinski definition) is 0. The van der Waals surface area contributed by atoms with Crippen LogP contribution in [0.1, 0.15) is 78.1 Å². The van der Waals surface area contributed by atoms with Crippen molar-refractivity contribution in [3.05, 3.63) is 0 Å². The Morgan fingerprint density at radius 3 is 2.04 bits per heavy atom. The SMILES string of the molecule is CCCCCCCCC(CCCOCC(CC)C1CO1)C(OC)(OC)OC. The number of hydrogen-bond acceptors (Lipinski definition) is 5. The molecule has 1 fully saturated rings. The molecular formula is C22H44O5. The van der Waals surface area contributed by atoms with E-state index in [4.69, 9.17) is 23.7 Å². The summed E-state index contributed by atoms with van der Waals surface area (Å²) in [5.74, 6) is -0.196. The highest BCUT2D eigenvalue weighted by molar-refractivity contribution is 4.78. The number of rotatable bonds is 19. The predicted molar refractivity (Wildman–Crippen MR) is 109 cm³/mol. The minimum Gasteiger partial charge on any atom is -0.381 e. The van der Waals surface area contributed by atoms with Crippen molar-refractivity contribution in [2.45, 2.75) is 90.1 Å². The Morgan fingerprint density at radius 2 is 1.48 bits per heavy atom. The van der Waals surface area contributed by atoms with Gasteiger partial charge in [-0.3, -0.25) is 0 Å². The van der Waals surface area contributed by atoms with Gasteiger partial charge in [-0.1, -0.05) is 52.4 Å². The van der Waals surface area contributed by atoms with Crippen molar-refractivity contribution < 1.29 is 23.7 Å². The summed E-state index contributed by atoms with van der Waals surface area (Å²) in [5, 5.41) is 0. The third-order valence-corrected chi connectivity index (χ3v) is 5.84. The smallest absolute Gasteiger partial charge is 0.285 e. The van der Waals surface area contributed by atoms with Crippen molar-refractivity contribution in [1.82, 2.24) is 0 Å². The third kappa shape index (κ3) is 9.23. The molecule has 5 heteroatoms. The molecule has 1 aliphatic heterocycles. The average Bonchev–Trinajstić information content (AvgIpc) is 3.53. The van der Waals surface area contributed by atoms with Crippen LogP contribution in [-0.2, 0) is 23.7 Å². The van der Waals surface area contributed by atoms with Crippen LogP contribution in [0, 0.1) is 11.8 Å². The van der Waals surface area contributed by atoms with Crippen molar-refractivity contribution in [3.8, 4) is 0 Å². The molecule has 5 nitrogen and oxygen atoms in total. The third-order valence-electron chi connectivity index (χ3n) is 5.84. The van der Waals surface area contributed by atoms with E-state index >= 15 is 0 Å². The second-order valence-electron chi connectivity index (χ2n) is 7.73. The van der Waals surface area contributed by atoms with Gasteiger partial charge in [-0.25, -0.2) is 0 Å². The minimum absolute atomic E-state index is 0.209. The summed E-state index contributed by atoms with van der Waals surface area (Å²) in [6.07, 6.45) is 12.3. The van der Waals surface area contributed by atoms with E-state index in [1.807, 2.05) is 0 Å². The largest absolute Gasteiger partial charge is 0.381 e. The molecule has 0 spiro atoms. The first-order valence-electron chi connectivity index (χ1n) is 11.0. The molecule has 0 N–H and O–H groups in total. The molecule has 162 valence electrons. The normalized spacial score (nSPS) is 19.2. The highest BCUT2D eigenvalue weighted by atomic mass is 16.9. The predicted octanol–water partition coefficient (Wildman–Crippen LogP) is 5.17. The fourth-order valence-electron chi connectivity index (χ4n) is 3.90. The van der Waals surface area contributed by atoms with Crippen LogP contribution in [0.15, 0.2) is 0 Å². The Labute approximate surface area is 167 Å². The molecule has 1 rings (SSSR count). The van der Waals surface area contributed by atoms with Crippen LogP contribution >= 0.6 is 0 Å². The Morgan fingerprint density at radius 1 is 0.889 bits per heavy atom. The second kappa shape index (κ2) is 14.7. The van der Waals surface area contributed by atoms with Gasteiger partial charge in [0.2, 0.25) is 0 Å². The van der Waals surface area contributed by atoms with Crippen LogP contribution in [0.4, 0.5) is 0 Å². The quantitative estimate of drug-likeness (QED) is 0.174. The lowest BCUT2D eigenvalue weighted by molar-refractivity contribution is -0.380. The summed E-state index contributed by atoms with van der Waals surface area (Å²) in [6.45, 7) is 6.93. The number of unbranched alkanes of at least 4 members (excludes halogenated alkanes) is 5. The Hall–Kier alpha value is -0.200. The zero-order valence-electron chi connectivity index (χ0n) is 18.5. The van der Waals surface area contributed by atoms with E-state index in [2.05, 4.69) is 13.8 Å². The maximum atomic E-state index is 5.92. The maximum absolute atomic E-state index is 5.92. The lowest BCUT2D eigenvalue weighted by atomic mass is 9.93. The molecule has 0 aromatic carbocycles. The van der Waals surface area contributed by atoms with Gasteiger partial charge in [0.05, 0.1) is 19.3 Å². The summed E-state index contributed by atoms with van der Waals surface area (Å²) >= 11 is 0. The van der Waals surface area contributed by atoms with Gasteiger partial charge < -0.3 is 23.7 Å². The van der Waals surface area contributed by atoms with Gasteiger partial charge in [0.1, 0.15) is 0 Å². The zero-order chi connectivity index (χ0) is 20.0. The molecule has 1 saturated heterocycles. The average molecular weight is 389 g/mol. The van der Waals surface area contributed by atoms with E-state index in [-0.39, 0.29) is 5.92 Å². The molecule has 0 bridgehead atoms. The zero-order valence-corrected chi connectivity index (χ0v) is 18.5. The van der Waals surface area contributed by atoms with E-state index in [0.29, 0.717) is 12.0 Å². The van der Waals surface area contributed by atoms with Gasteiger partial charge in [0.25, 0.3) is 5.97 Å². The van der Waals surface area contributed by atoms with Crippen molar-refractivity contribution in [3.63, 3.8) is 0 Å². The maximum Gasteiger partial charge on any atom is 0.285 e. The second-order valence-corrected chi connectivity index (χ2v) is 7.73. The summed E-state index contributed by atoms with van der Waals surface area (Å²) in [4.78, 5) is 0. The van der Waals surface area contributed by atoms with Gasteiger partial charge in [-0.15, -0.1) is 0 Å². The standard InChI is InChI=1S/C22H44O5/c1-6-8-9-10-11-12-14-20(22(23-3,24-4)25-5)15-13-16-26-17-19(7-2)21-18-27-21/h19-21H,6-18H2,1-5H3. The van der Waals surface area contributed by atoms with E-state index in [1.165, 1.54) is 38.5 Å². The molecular weight excluding hydrogens is 344 g/mol. The lowest BCUT2D eigenvalue weighted by Crippen LogP contribution is -2.44. The van der Waals surface area contributed by atoms with Crippen LogP contribution < -0.4 is 0 Å². The molecule has 0 aromatic rings. The lowest BCUT2D eigenvalue weighted by Gasteiger charge is -2.36. The molecule has 1 aliphatic rings. The van der Waals surface area contributed by atoms with E-state index in [9.17, 15) is 0 Å². The summed E-state index contributed by atoms with van der Waals surface area (Å²) < 4.78 is 28.2. The summed E-state index contributed by atoms with van der Waals surface area (Å²) in [6, 6.07) is 0. The van der Waals surface area contributed by atoms with Gasteiger partial charge in [0, 0.05) is 39.8 Å². The Balaban J connectivity index is 2.35. The molecule has 0 amide bonds. The van der Waals surface area contributed by atoms with Gasteiger partial charge in [-0.05, 0) is 25.7 Å². The number of epoxide rings is 1. The fourth-order valence-corrected chi connectivity index (χ4v) is 3.90. The summed E-state index contributed by atoms with van der Waals surface area (Å²) in [5.41, 5.74) is 0. The first-order valence-corrected chi connectivity index (χ1v) is 11.0. The van der Waals surface area contributed by atoms with Gasteiger partial charge in [-0.2, -0.15) is 0 Å². The fraction of sp³-hybridized carbons (Fsp3) is 1.00. The highest BCUT2D eigenvalue weighted by Gasteiger charge is 2.39. The number of methoxy groups -OCH3 is 3. The van der Waals surface area contributed by atoms with Crippen LogP contribution in [-0.4, -0.2) is 53.2 Å². The number of ether oxygens (including phenoxy) is 5. The molecule has 0 radical (unpaired) electrons. The molecule has 0 aromatic heterocycles. The van der Waals surface area contributed by atoms with Crippen molar-refractivity contribution in [2.75, 3.05) is 41.2 Å². The van der Waals surface area contributed by atoms with Crippen molar-refractivity contribution in [2.24, 2.45) is 11.8 Å². The Bertz CT molecular complexity index is 333. The van der Waals surface area contributed by atoms with Crippen LogP contribution in [0.5, 0.6) is 0 Å². The molecule has 0 aliphatic carbocycles. The summed E-state index contributed by atoms with van der Waals surface area (Å²) in [7, 11) is 5.00. The molecule has 3 atom stereocenters. The van der Waals surface area contributed by atoms with E-state index in [0.717, 1.165) is 45.5 Å². The minimum atomic E-state index is -0.947. The van der Waals surface area contributed by atoms with Crippen LogP contribution in [0.25, 0.3) is 0 Å². The monoisotopic (exact) mass is 388 g/mol. The van der Waals surface area contributed by atoms with E-state index < -0.39 is 5.97 Å². The molecule has 1 heterocycles. The van der Waals surface area contributed by atoms with E-state index in [1.54, 1.807) is 21.3 Å². The first kappa shape index (κ1) is 24.8. The van der Waals surface area contributed by atoms with Crippen molar-refractivity contribution >= 4 is 0 Å². The van der Waals surface area contributed by atoms with Crippen LogP contribution in [0.2, 0.25) is 0 Å². The van der Waals surface area contributed by atoms with Gasteiger partial charge in [0.15, 0.2) is 0 Å². The Kier molecular flexibility index (Phi) is 13.6. The topological polar surface area (TPSA) is 49.5 Å². The van der Waals surface area contributed by atoms with Crippen LogP contribution in [0.3, 0.4) is 0 Å².